The first kappa shape index (κ1) is 8.44. The molecule has 0 aliphatic carbocycles. The van der Waals surface area contributed by atoms with E-state index in [1.54, 1.807) is 12.1 Å². The fourth-order valence-electron chi connectivity index (χ4n) is 1.38. The van der Waals surface area contributed by atoms with E-state index in [-0.39, 0.29) is 9.43 Å². The average Bonchev–Trinajstić information content (AvgIpc) is 2.28. The van der Waals surface area contributed by atoms with E-state index in [1.165, 1.54) is 6.07 Å². The van der Waals surface area contributed by atoms with Crippen molar-refractivity contribution >= 4 is 22.6 Å². The first-order valence-corrected chi connectivity index (χ1v) is 4.79. The zero-order chi connectivity index (χ0) is 8.77. The second-order valence-electron chi connectivity index (χ2n) is 3.01. The highest BCUT2D eigenvalue weighted by atomic mass is 127. The fourth-order valence-corrected chi connectivity index (χ4v) is 2.04. The maximum Gasteiger partial charge on any atom is 0.142 e. The summed E-state index contributed by atoms with van der Waals surface area (Å²) in [5.41, 5.74) is 2.05. The first-order chi connectivity index (χ1) is 5.59. The minimum Gasteiger partial charge on any atom is -0.356 e. The van der Waals surface area contributed by atoms with Gasteiger partial charge in [-0.2, -0.15) is 0 Å². The third-order valence-corrected chi connectivity index (χ3v) is 2.94. The lowest BCUT2D eigenvalue weighted by Crippen LogP contribution is -2.09. The van der Waals surface area contributed by atoms with Crippen molar-refractivity contribution in [2.24, 2.45) is 0 Å². The Hall–Kier alpha value is -0.160. The predicted octanol–water partition coefficient (Wildman–Crippen LogP) is 2.96. The number of hydrogen-bond acceptors (Lipinski definition) is 1. The molecule has 0 saturated carbocycles. The molecule has 0 bridgehead atoms. The molecule has 2 rings (SSSR count). The summed E-state index contributed by atoms with van der Waals surface area (Å²) in [6.45, 7) is 2.54. The Morgan fingerprint density at radius 3 is 3.08 bits per heavy atom. The zero-order valence-electron chi connectivity index (χ0n) is 6.60. The summed E-state index contributed by atoms with van der Waals surface area (Å²) in [6.07, 6.45) is 0. The molecular weight excluding hydrogens is 270 g/mol. The van der Waals surface area contributed by atoms with E-state index in [4.69, 9.17) is 4.74 Å². The van der Waals surface area contributed by atoms with Crippen LogP contribution in [0.4, 0.5) is 4.39 Å². The fraction of sp³-hybridized carbons (Fsp3) is 0.333. The Morgan fingerprint density at radius 2 is 2.33 bits per heavy atom. The number of halogens is 2. The van der Waals surface area contributed by atoms with Gasteiger partial charge in [0.1, 0.15) is 9.43 Å². The van der Waals surface area contributed by atoms with Crippen LogP contribution in [-0.4, -0.2) is 0 Å². The third-order valence-electron chi connectivity index (χ3n) is 2.05. The van der Waals surface area contributed by atoms with Gasteiger partial charge in [-0.05, 0) is 47.2 Å². The molecule has 1 heterocycles. The second kappa shape index (κ2) is 2.67. The SMILES string of the molecule is CC1(I)OCc2ccc(F)cc21. The van der Waals surface area contributed by atoms with Crippen LogP contribution >= 0.6 is 22.6 Å². The summed E-state index contributed by atoms with van der Waals surface area (Å²) in [6, 6.07) is 4.81. The number of hydrogen-bond donors (Lipinski definition) is 0. The summed E-state index contributed by atoms with van der Waals surface area (Å²) in [7, 11) is 0. The van der Waals surface area contributed by atoms with Crippen molar-refractivity contribution in [1.82, 2.24) is 0 Å². The quantitative estimate of drug-likeness (QED) is 0.523. The van der Waals surface area contributed by atoms with Crippen molar-refractivity contribution in [2.75, 3.05) is 0 Å². The van der Waals surface area contributed by atoms with Gasteiger partial charge in [0.2, 0.25) is 0 Å². The monoisotopic (exact) mass is 278 g/mol. The van der Waals surface area contributed by atoms with E-state index in [9.17, 15) is 4.39 Å². The van der Waals surface area contributed by atoms with Crippen LogP contribution in [0.15, 0.2) is 18.2 Å². The zero-order valence-corrected chi connectivity index (χ0v) is 8.76. The number of fused-ring (bicyclic) bond motifs is 1. The topological polar surface area (TPSA) is 9.23 Å². The Kier molecular flexibility index (Phi) is 1.88. The largest absolute Gasteiger partial charge is 0.356 e. The minimum atomic E-state index is -0.352. The van der Waals surface area contributed by atoms with Crippen LogP contribution in [-0.2, 0) is 15.0 Å². The molecule has 1 nitrogen and oxygen atoms in total. The van der Waals surface area contributed by atoms with E-state index in [1.807, 2.05) is 6.92 Å². The van der Waals surface area contributed by atoms with Gasteiger partial charge >= 0.3 is 0 Å². The molecule has 12 heavy (non-hydrogen) atoms. The third kappa shape index (κ3) is 1.25. The van der Waals surface area contributed by atoms with Crippen LogP contribution in [0.5, 0.6) is 0 Å². The summed E-state index contributed by atoms with van der Waals surface area (Å²) in [5, 5.41) is 0. The molecule has 0 amide bonds. The molecular formula is C9H8FIO. The standard InChI is InChI=1S/C9H8FIO/c1-9(11)8-4-7(10)3-2-6(8)5-12-9/h2-4H,5H2,1H3. The van der Waals surface area contributed by atoms with Crippen molar-refractivity contribution in [3.63, 3.8) is 0 Å². The number of benzene rings is 1. The van der Waals surface area contributed by atoms with Crippen molar-refractivity contribution in [3.8, 4) is 0 Å². The summed E-state index contributed by atoms with van der Waals surface area (Å²) in [4.78, 5) is 0. The van der Waals surface area contributed by atoms with Crippen molar-refractivity contribution in [2.45, 2.75) is 17.1 Å². The van der Waals surface area contributed by atoms with E-state index >= 15 is 0 Å². The molecule has 1 atom stereocenters. The number of rotatable bonds is 0. The van der Waals surface area contributed by atoms with Crippen LogP contribution in [0, 0.1) is 5.82 Å². The molecule has 0 fully saturated rings. The van der Waals surface area contributed by atoms with Gasteiger partial charge in [0, 0.05) is 5.56 Å². The molecule has 0 aromatic heterocycles. The molecule has 1 unspecified atom stereocenters. The van der Waals surface area contributed by atoms with E-state index < -0.39 is 0 Å². The van der Waals surface area contributed by atoms with Gasteiger partial charge in [-0.1, -0.05) is 6.07 Å². The van der Waals surface area contributed by atoms with Crippen LogP contribution in [0.2, 0.25) is 0 Å². The number of alkyl halides is 1. The maximum atomic E-state index is 12.8. The Bertz CT molecular complexity index is 322. The molecule has 1 aliphatic heterocycles. The highest BCUT2D eigenvalue weighted by molar-refractivity contribution is 14.1. The van der Waals surface area contributed by atoms with Gasteiger partial charge < -0.3 is 4.74 Å². The lowest BCUT2D eigenvalue weighted by molar-refractivity contribution is 0.0646. The average molecular weight is 278 g/mol. The van der Waals surface area contributed by atoms with Gasteiger partial charge in [-0.15, -0.1) is 0 Å². The highest BCUT2D eigenvalue weighted by Crippen LogP contribution is 2.41. The maximum absolute atomic E-state index is 12.8. The normalized spacial score (nSPS) is 27.2. The lowest BCUT2D eigenvalue weighted by atomic mass is 10.1. The first-order valence-electron chi connectivity index (χ1n) is 3.71. The van der Waals surface area contributed by atoms with Gasteiger partial charge in [0.25, 0.3) is 0 Å². The van der Waals surface area contributed by atoms with E-state index in [2.05, 4.69) is 22.6 Å². The summed E-state index contributed by atoms with van der Waals surface area (Å²) >= 11 is 2.19. The summed E-state index contributed by atoms with van der Waals surface area (Å²) < 4.78 is 18.0. The van der Waals surface area contributed by atoms with Crippen molar-refractivity contribution < 1.29 is 9.13 Å². The molecule has 0 radical (unpaired) electrons. The Balaban J connectivity index is 2.57. The smallest absolute Gasteiger partial charge is 0.142 e. The molecule has 1 aliphatic rings. The van der Waals surface area contributed by atoms with Gasteiger partial charge in [0.15, 0.2) is 0 Å². The van der Waals surface area contributed by atoms with Crippen molar-refractivity contribution in [1.29, 1.82) is 0 Å². The van der Waals surface area contributed by atoms with E-state index in [0.29, 0.717) is 6.61 Å². The van der Waals surface area contributed by atoms with Crippen LogP contribution < -0.4 is 0 Å². The molecule has 64 valence electrons. The van der Waals surface area contributed by atoms with Gasteiger partial charge in [-0.25, -0.2) is 4.39 Å². The van der Waals surface area contributed by atoms with Crippen LogP contribution in [0.3, 0.4) is 0 Å². The van der Waals surface area contributed by atoms with Gasteiger partial charge in [0.05, 0.1) is 6.61 Å². The molecule has 0 saturated heterocycles. The molecule has 0 spiro atoms. The van der Waals surface area contributed by atoms with Crippen LogP contribution in [0.1, 0.15) is 18.1 Å². The molecule has 1 aromatic carbocycles. The van der Waals surface area contributed by atoms with Crippen LogP contribution in [0.25, 0.3) is 0 Å². The second-order valence-corrected chi connectivity index (χ2v) is 5.07. The molecule has 0 N–H and O–H groups in total. The predicted molar refractivity (Wildman–Crippen MR) is 52.6 cm³/mol. The Labute approximate surface area is 84.1 Å². The van der Waals surface area contributed by atoms with E-state index in [0.717, 1.165) is 11.1 Å². The van der Waals surface area contributed by atoms with Gasteiger partial charge in [-0.3, -0.25) is 0 Å². The molecule has 1 aromatic rings. The highest BCUT2D eigenvalue weighted by Gasteiger charge is 2.32. The Morgan fingerprint density at radius 1 is 1.58 bits per heavy atom. The number of ether oxygens (including phenoxy) is 1. The van der Waals surface area contributed by atoms with Crippen molar-refractivity contribution in [3.05, 3.63) is 35.1 Å². The molecule has 3 heteroatoms. The lowest BCUT2D eigenvalue weighted by Gasteiger charge is -2.15. The summed E-state index contributed by atoms with van der Waals surface area (Å²) in [5.74, 6) is -0.192. The minimum absolute atomic E-state index is 0.192.